The van der Waals surface area contributed by atoms with Gasteiger partial charge in [0.1, 0.15) is 11.5 Å². The summed E-state index contributed by atoms with van der Waals surface area (Å²) >= 11 is 1.51. The molecule has 1 aromatic heterocycles. The molecule has 1 atom stereocenters. The number of carbonyl (C=O) groups is 1. The summed E-state index contributed by atoms with van der Waals surface area (Å²) in [6.07, 6.45) is 1.78. The fourth-order valence-electron chi connectivity index (χ4n) is 2.98. The summed E-state index contributed by atoms with van der Waals surface area (Å²) in [7, 11) is 1.59. The topological polar surface area (TPSA) is 71.9 Å². The summed E-state index contributed by atoms with van der Waals surface area (Å²) in [5.41, 5.74) is 1.34. The van der Waals surface area contributed by atoms with Gasteiger partial charge in [0.25, 0.3) is 0 Å². The number of methoxy groups -OCH3 is 1. The molecule has 1 aliphatic rings. The van der Waals surface area contributed by atoms with Crippen LogP contribution in [0.3, 0.4) is 0 Å². The first kappa shape index (κ1) is 17.5. The van der Waals surface area contributed by atoms with Crippen LogP contribution in [0.15, 0.2) is 23.6 Å². The molecule has 1 unspecified atom stereocenters. The monoisotopic (exact) mass is 362 g/mol. The lowest BCUT2D eigenvalue weighted by atomic mass is 9.99. The number of phenols is 1. The minimum atomic E-state index is -0.130. The maximum atomic E-state index is 12.0. The van der Waals surface area contributed by atoms with Crippen LogP contribution in [0.5, 0.6) is 11.5 Å². The molecule has 0 bridgehead atoms. The normalized spacial score (nSPS) is 17.4. The quantitative estimate of drug-likeness (QED) is 0.823. The second-order valence-electron chi connectivity index (χ2n) is 5.94. The first-order valence-corrected chi connectivity index (χ1v) is 9.24. The van der Waals surface area contributed by atoms with Gasteiger partial charge in [0.15, 0.2) is 5.13 Å². The number of phenolic OH excluding ortho intramolecular Hbond substituents is 1. The minimum Gasteiger partial charge on any atom is -0.507 e. The Balaban J connectivity index is 1.78. The lowest BCUT2D eigenvalue weighted by Crippen LogP contribution is -2.39. The van der Waals surface area contributed by atoms with Crippen LogP contribution in [0.25, 0.3) is 11.3 Å². The van der Waals surface area contributed by atoms with Gasteiger partial charge in [0, 0.05) is 24.0 Å². The predicted octanol–water partition coefficient (Wildman–Crippen LogP) is 3.30. The van der Waals surface area contributed by atoms with E-state index in [1.165, 1.54) is 11.3 Å². The largest absolute Gasteiger partial charge is 0.507 e. The van der Waals surface area contributed by atoms with Crippen molar-refractivity contribution >= 4 is 22.4 Å². The molecule has 0 spiro atoms. The molecule has 0 amide bonds. The van der Waals surface area contributed by atoms with Gasteiger partial charge >= 0.3 is 5.97 Å². The smallest absolute Gasteiger partial charge is 0.310 e. The van der Waals surface area contributed by atoms with Gasteiger partial charge in [-0.15, -0.1) is 11.3 Å². The van der Waals surface area contributed by atoms with Crippen molar-refractivity contribution in [3.8, 4) is 22.8 Å². The highest BCUT2D eigenvalue weighted by molar-refractivity contribution is 7.14. The third kappa shape index (κ3) is 3.87. The maximum absolute atomic E-state index is 12.0. The van der Waals surface area contributed by atoms with Crippen LogP contribution < -0.4 is 9.64 Å². The van der Waals surface area contributed by atoms with E-state index in [4.69, 9.17) is 9.47 Å². The molecule has 134 valence electrons. The summed E-state index contributed by atoms with van der Waals surface area (Å²) in [4.78, 5) is 18.8. The van der Waals surface area contributed by atoms with Crippen LogP contribution >= 0.6 is 11.3 Å². The SMILES string of the molecule is CCOC(=O)C1CCCN(c2nc(-c3cc(OC)ccc3O)cs2)C1. The predicted molar refractivity (Wildman–Crippen MR) is 97.3 cm³/mol. The second-order valence-corrected chi connectivity index (χ2v) is 6.77. The molecule has 2 aromatic rings. The van der Waals surface area contributed by atoms with E-state index in [9.17, 15) is 9.90 Å². The van der Waals surface area contributed by atoms with E-state index in [1.54, 1.807) is 25.3 Å². The number of thiazole rings is 1. The van der Waals surface area contributed by atoms with Crippen molar-refractivity contribution in [2.75, 3.05) is 31.7 Å². The van der Waals surface area contributed by atoms with Crippen molar-refractivity contribution < 1.29 is 19.4 Å². The van der Waals surface area contributed by atoms with E-state index in [0.29, 0.717) is 30.2 Å². The summed E-state index contributed by atoms with van der Waals surface area (Å²) in [5.74, 6) is 0.601. The van der Waals surface area contributed by atoms with Gasteiger partial charge in [0.2, 0.25) is 0 Å². The summed E-state index contributed by atoms with van der Waals surface area (Å²) in [6.45, 7) is 3.72. The second kappa shape index (κ2) is 7.74. The van der Waals surface area contributed by atoms with E-state index in [0.717, 1.165) is 24.5 Å². The van der Waals surface area contributed by atoms with Crippen molar-refractivity contribution in [3.63, 3.8) is 0 Å². The molecule has 0 aliphatic carbocycles. The Hall–Kier alpha value is -2.28. The number of hydrogen-bond donors (Lipinski definition) is 1. The minimum absolute atomic E-state index is 0.105. The van der Waals surface area contributed by atoms with Crippen molar-refractivity contribution in [2.24, 2.45) is 5.92 Å². The number of hydrogen-bond acceptors (Lipinski definition) is 7. The number of rotatable bonds is 5. The van der Waals surface area contributed by atoms with Gasteiger partial charge in [-0.25, -0.2) is 4.98 Å². The number of aromatic hydroxyl groups is 1. The molecular formula is C18H22N2O4S. The number of anilines is 1. The van der Waals surface area contributed by atoms with E-state index < -0.39 is 0 Å². The highest BCUT2D eigenvalue weighted by Crippen LogP contribution is 2.36. The van der Waals surface area contributed by atoms with E-state index >= 15 is 0 Å². The zero-order valence-electron chi connectivity index (χ0n) is 14.4. The number of nitrogens with zero attached hydrogens (tertiary/aromatic N) is 2. The van der Waals surface area contributed by atoms with Gasteiger partial charge in [-0.1, -0.05) is 0 Å². The highest BCUT2D eigenvalue weighted by Gasteiger charge is 2.28. The lowest BCUT2D eigenvalue weighted by molar-refractivity contribution is -0.148. The summed E-state index contributed by atoms with van der Waals surface area (Å²) in [6, 6.07) is 5.08. The van der Waals surface area contributed by atoms with Gasteiger partial charge < -0.3 is 19.5 Å². The molecule has 1 saturated heterocycles. The first-order chi connectivity index (χ1) is 12.1. The van der Waals surface area contributed by atoms with Crippen molar-refractivity contribution in [1.82, 2.24) is 4.98 Å². The Morgan fingerprint density at radius 2 is 2.32 bits per heavy atom. The summed E-state index contributed by atoms with van der Waals surface area (Å²) < 4.78 is 10.4. The van der Waals surface area contributed by atoms with Gasteiger partial charge in [-0.3, -0.25) is 4.79 Å². The lowest BCUT2D eigenvalue weighted by Gasteiger charge is -2.31. The Bertz CT molecular complexity index is 746. The van der Waals surface area contributed by atoms with Crippen LogP contribution in [0.1, 0.15) is 19.8 Å². The molecule has 7 heteroatoms. The fraction of sp³-hybridized carbons (Fsp3) is 0.444. The number of carbonyl (C=O) groups excluding carboxylic acids is 1. The molecule has 1 fully saturated rings. The molecule has 3 rings (SSSR count). The summed E-state index contributed by atoms with van der Waals surface area (Å²) in [5, 5.41) is 12.9. The average molecular weight is 362 g/mol. The van der Waals surface area contributed by atoms with Crippen molar-refractivity contribution in [1.29, 1.82) is 0 Å². The third-order valence-corrected chi connectivity index (χ3v) is 5.18. The molecule has 25 heavy (non-hydrogen) atoms. The molecule has 1 N–H and O–H groups in total. The molecule has 1 aromatic carbocycles. The van der Waals surface area contributed by atoms with E-state index in [-0.39, 0.29) is 17.6 Å². The van der Waals surface area contributed by atoms with Crippen LogP contribution in [-0.2, 0) is 9.53 Å². The molecule has 1 aliphatic heterocycles. The van der Waals surface area contributed by atoms with E-state index in [1.807, 2.05) is 12.3 Å². The molecule has 0 radical (unpaired) electrons. The number of piperidine rings is 1. The van der Waals surface area contributed by atoms with Crippen LogP contribution in [-0.4, -0.2) is 42.9 Å². The van der Waals surface area contributed by atoms with Crippen LogP contribution in [0, 0.1) is 5.92 Å². The van der Waals surface area contributed by atoms with E-state index in [2.05, 4.69) is 9.88 Å². The molecule has 2 heterocycles. The molecule has 6 nitrogen and oxygen atoms in total. The zero-order valence-corrected chi connectivity index (χ0v) is 15.2. The van der Waals surface area contributed by atoms with Gasteiger partial charge in [-0.2, -0.15) is 0 Å². The average Bonchev–Trinajstić information content (AvgIpc) is 3.12. The molecule has 0 saturated carbocycles. The third-order valence-electron chi connectivity index (χ3n) is 4.28. The van der Waals surface area contributed by atoms with Crippen LogP contribution in [0.4, 0.5) is 5.13 Å². The van der Waals surface area contributed by atoms with Gasteiger partial charge in [-0.05, 0) is 38.0 Å². The van der Waals surface area contributed by atoms with Crippen molar-refractivity contribution in [3.05, 3.63) is 23.6 Å². The highest BCUT2D eigenvalue weighted by atomic mass is 32.1. The van der Waals surface area contributed by atoms with Crippen LogP contribution in [0.2, 0.25) is 0 Å². The Morgan fingerprint density at radius 1 is 1.48 bits per heavy atom. The Kier molecular flexibility index (Phi) is 5.43. The standard InChI is InChI=1S/C18H22N2O4S/c1-3-24-17(22)12-5-4-8-20(10-12)18-19-15(11-25-18)14-9-13(23-2)6-7-16(14)21/h6-7,9,11-12,21H,3-5,8,10H2,1-2H3. The first-order valence-electron chi connectivity index (χ1n) is 8.36. The van der Waals surface area contributed by atoms with Crippen molar-refractivity contribution in [2.45, 2.75) is 19.8 Å². The number of esters is 1. The molecular weight excluding hydrogens is 340 g/mol. The number of ether oxygens (including phenoxy) is 2. The maximum Gasteiger partial charge on any atom is 0.310 e. The van der Waals surface area contributed by atoms with Gasteiger partial charge in [0.05, 0.1) is 25.3 Å². The zero-order chi connectivity index (χ0) is 17.8. The fourth-order valence-corrected chi connectivity index (χ4v) is 3.85. The Morgan fingerprint density at radius 3 is 3.08 bits per heavy atom. The Labute approximate surface area is 151 Å². The number of benzene rings is 1. The number of aromatic nitrogens is 1.